The highest BCUT2D eigenvalue weighted by Gasteiger charge is 2.25. The van der Waals surface area contributed by atoms with Crippen molar-refractivity contribution in [2.24, 2.45) is 0 Å². The molecule has 0 aromatic carbocycles. The zero-order valence-corrected chi connectivity index (χ0v) is 10.7. The van der Waals surface area contributed by atoms with Crippen molar-refractivity contribution < 1.29 is 0 Å². The van der Waals surface area contributed by atoms with E-state index in [-0.39, 0.29) is 0 Å². The lowest BCUT2D eigenvalue weighted by molar-refractivity contribution is 0.639. The van der Waals surface area contributed by atoms with Crippen molar-refractivity contribution in [2.75, 3.05) is 11.4 Å². The van der Waals surface area contributed by atoms with Gasteiger partial charge in [0.15, 0.2) is 0 Å². The summed E-state index contributed by atoms with van der Waals surface area (Å²) in [5, 5.41) is 0.892. The normalized spacial score (nSPS) is 20.9. The van der Waals surface area contributed by atoms with Crippen LogP contribution >= 0.6 is 15.9 Å². The molecule has 2 heterocycles. The van der Waals surface area contributed by atoms with Gasteiger partial charge in [-0.3, -0.25) is 0 Å². The molecule has 1 aromatic rings. The Morgan fingerprint density at radius 1 is 1.60 bits per heavy atom. The Hall–Kier alpha value is -0.570. The van der Waals surface area contributed by atoms with Crippen molar-refractivity contribution in [3.63, 3.8) is 0 Å². The summed E-state index contributed by atoms with van der Waals surface area (Å²) in [6, 6.07) is 4.86. The molecule has 0 spiro atoms. The van der Waals surface area contributed by atoms with Crippen LogP contribution in [0.1, 0.15) is 31.7 Å². The predicted octanol–water partition coefficient (Wildman–Crippen LogP) is 3.36. The zero-order chi connectivity index (χ0) is 10.7. The summed E-state index contributed by atoms with van der Waals surface area (Å²) in [7, 11) is 0. The van der Waals surface area contributed by atoms with Gasteiger partial charge in [-0.25, -0.2) is 4.98 Å². The lowest BCUT2D eigenvalue weighted by Gasteiger charge is -2.26. The minimum absolute atomic E-state index is 0.692. The Morgan fingerprint density at radius 3 is 3.20 bits per heavy atom. The molecule has 0 saturated carbocycles. The van der Waals surface area contributed by atoms with Crippen LogP contribution in [0.25, 0.3) is 0 Å². The molecule has 1 atom stereocenters. The van der Waals surface area contributed by atoms with E-state index in [9.17, 15) is 0 Å². The summed E-state index contributed by atoms with van der Waals surface area (Å²) in [6.45, 7) is 3.43. The molecule has 2 nitrogen and oxygen atoms in total. The average molecular weight is 269 g/mol. The van der Waals surface area contributed by atoms with Crippen LogP contribution in [-0.4, -0.2) is 17.6 Å². The molecule has 0 N–H and O–H groups in total. The number of hydrogen-bond donors (Lipinski definition) is 0. The largest absolute Gasteiger partial charge is 0.353 e. The van der Waals surface area contributed by atoms with E-state index in [1.54, 1.807) is 0 Å². The third-order valence-corrected chi connectivity index (χ3v) is 3.74. The van der Waals surface area contributed by atoms with Gasteiger partial charge in [0, 0.05) is 29.7 Å². The van der Waals surface area contributed by atoms with Crippen LogP contribution in [0.3, 0.4) is 0 Å². The van der Waals surface area contributed by atoms with Crippen LogP contribution in [-0.2, 0) is 5.33 Å². The summed E-state index contributed by atoms with van der Waals surface area (Å²) >= 11 is 3.53. The van der Waals surface area contributed by atoms with Gasteiger partial charge in [-0.15, -0.1) is 0 Å². The molecule has 3 heteroatoms. The molecule has 82 valence electrons. The summed E-state index contributed by atoms with van der Waals surface area (Å²) in [5.41, 5.74) is 1.30. The molecule has 0 amide bonds. The smallest absolute Gasteiger partial charge is 0.132 e. The number of aromatic nitrogens is 1. The number of rotatable bonds is 3. The Labute approximate surface area is 99.8 Å². The second kappa shape index (κ2) is 4.97. The maximum absolute atomic E-state index is 4.53. The van der Waals surface area contributed by atoms with E-state index in [1.165, 1.54) is 30.6 Å². The summed E-state index contributed by atoms with van der Waals surface area (Å²) in [4.78, 5) is 6.99. The Morgan fingerprint density at radius 2 is 2.47 bits per heavy atom. The van der Waals surface area contributed by atoms with E-state index >= 15 is 0 Å². The molecule has 2 rings (SSSR count). The molecule has 0 aliphatic carbocycles. The summed E-state index contributed by atoms with van der Waals surface area (Å²) < 4.78 is 0. The third-order valence-electron chi connectivity index (χ3n) is 3.13. The van der Waals surface area contributed by atoms with E-state index < -0.39 is 0 Å². The van der Waals surface area contributed by atoms with Crippen molar-refractivity contribution in [3.8, 4) is 0 Å². The number of nitrogens with zero attached hydrogens (tertiary/aromatic N) is 2. The van der Waals surface area contributed by atoms with Gasteiger partial charge in [-0.05, 0) is 25.3 Å². The fraction of sp³-hybridized carbons (Fsp3) is 0.583. The highest BCUT2D eigenvalue weighted by molar-refractivity contribution is 9.08. The molecule has 0 bridgehead atoms. The van der Waals surface area contributed by atoms with Crippen LogP contribution in [0.5, 0.6) is 0 Å². The van der Waals surface area contributed by atoms with Crippen LogP contribution in [0, 0.1) is 0 Å². The number of alkyl halides is 1. The number of hydrogen-bond acceptors (Lipinski definition) is 2. The minimum atomic E-state index is 0.692. The molecule has 1 saturated heterocycles. The van der Waals surface area contributed by atoms with E-state index in [2.05, 4.69) is 38.8 Å². The van der Waals surface area contributed by atoms with Gasteiger partial charge in [-0.1, -0.05) is 28.9 Å². The van der Waals surface area contributed by atoms with Crippen LogP contribution < -0.4 is 4.90 Å². The monoisotopic (exact) mass is 268 g/mol. The molecule has 1 aliphatic rings. The van der Waals surface area contributed by atoms with Gasteiger partial charge < -0.3 is 4.90 Å². The van der Waals surface area contributed by atoms with Gasteiger partial charge in [0.2, 0.25) is 0 Å². The fourth-order valence-electron chi connectivity index (χ4n) is 2.33. The standard InChI is InChI=1S/C12H17BrN2/c1-2-11-6-4-8-15(11)12-10(9-13)5-3-7-14-12/h3,5,7,11H,2,4,6,8-9H2,1H3. The number of anilines is 1. The average Bonchev–Trinajstić information content (AvgIpc) is 2.76. The first kappa shape index (κ1) is 10.9. The molecule has 1 unspecified atom stereocenters. The second-order valence-electron chi connectivity index (χ2n) is 4.02. The number of halogens is 1. The van der Waals surface area contributed by atoms with Crippen molar-refractivity contribution >= 4 is 21.7 Å². The molecule has 1 aromatic heterocycles. The van der Waals surface area contributed by atoms with Gasteiger partial charge in [0.1, 0.15) is 5.82 Å². The highest BCUT2D eigenvalue weighted by atomic mass is 79.9. The summed E-state index contributed by atoms with van der Waals surface area (Å²) in [6.07, 6.45) is 5.73. The molecule has 1 fully saturated rings. The van der Waals surface area contributed by atoms with Gasteiger partial charge in [0.05, 0.1) is 0 Å². The zero-order valence-electron chi connectivity index (χ0n) is 9.12. The van der Waals surface area contributed by atoms with Crippen molar-refractivity contribution in [1.82, 2.24) is 4.98 Å². The first-order valence-corrected chi connectivity index (χ1v) is 6.75. The van der Waals surface area contributed by atoms with Crippen molar-refractivity contribution in [3.05, 3.63) is 23.9 Å². The quantitative estimate of drug-likeness (QED) is 0.782. The minimum Gasteiger partial charge on any atom is -0.353 e. The van der Waals surface area contributed by atoms with Crippen LogP contribution in [0.15, 0.2) is 18.3 Å². The third kappa shape index (κ3) is 2.17. The van der Waals surface area contributed by atoms with E-state index in [4.69, 9.17) is 0 Å². The van der Waals surface area contributed by atoms with E-state index in [0.717, 1.165) is 11.9 Å². The van der Waals surface area contributed by atoms with Crippen LogP contribution in [0.4, 0.5) is 5.82 Å². The van der Waals surface area contributed by atoms with Crippen LogP contribution in [0.2, 0.25) is 0 Å². The topological polar surface area (TPSA) is 16.1 Å². The molecule has 15 heavy (non-hydrogen) atoms. The first-order valence-electron chi connectivity index (χ1n) is 5.63. The van der Waals surface area contributed by atoms with Crippen molar-refractivity contribution in [2.45, 2.75) is 37.6 Å². The number of pyridine rings is 1. The predicted molar refractivity (Wildman–Crippen MR) is 67.5 cm³/mol. The van der Waals surface area contributed by atoms with Gasteiger partial charge >= 0.3 is 0 Å². The van der Waals surface area contributed by atoms with Gasteiger partial charge in [-0.2, -0.15) is 0 Å². The Bertz CT molecular complexity index is 327. The maximum Gasteiger partial charge on any atom is 0.132 e. The lowest BCUT2D eigenvalue weighted by atomic mass is 10.1. The molecule has 1 aliphatic heterocycles. The first-order chi connectivity index (χ1) is 7.36. The second-order valence-corrected chi connectivity index (χ2v) is 4.58. The van der Waals surface area contributed by atoms with Crippen molar-refractivity contribution in [1.29, 1.82) is 0 Å². The highest BCUT2D eigenvalue weighted by Crippen LogP contribution is 2.29. The lowest BCUT2D eigenvalue weighted by Crippen LogP contribution is -2.30. The van der Waals surface area contributed by atoms with Gasteiger partial charge in [0.25, 0.3) is 0 Å². The Balaban J connectivity index is 2.27. The fourth-order valence-corrected chi connectivity index (χ4v) is 2.77. The molecular formula is C12H17BrN2. The molecular weight excluding hydrogens is 252 g/mol. The van der Waals surface area contributed by atoms with E-state index in [1.807, 2.05) is 12.3 Å². The maximum atomic E-state index is 4.53. The SMILES string of the molecule is CCC1CCCN1c1ncccc1CBr. The molecule has 0 radical (unpaired) electrons. The van der Waals surface area contributed by atoms with E-state index in [0.29, 0.717) is 6.04 Å². The summed E-state index contributed by atoms with van der Waals surface area (Å²) in [5.74, 6) is 1.18. The Kier molecular flexibility index (Phi) is 3.62.